The van der Waals surface area contributed by atoms with E-state index in [9.17, 15) is 26.4 Å². The normalized spacial score (nSPS) is 22.2. The molecule has 1 aliphatic carbocycles. The van der Waals surface area contributed by atoms with Gasteiger partial charge in [-0.1, -0.05) is 12.1 Å². The smallest absolute Gasteiger partial charge is 0.367 e. The number of sulfone groups is 1. The largest absolute Gasteiger partial charge is 0.417 e. The number of alkyl halides is 3. The Bertz CT molecular complexity index is 1440. The molecule has 8 nitrogen and oxygen atoms in total. The van der Waals surface area contributed by atoms with Gasteiger partial charge in [0.25, 0.3) is 0 Å². The Morgan fingerprint density at radius 3 is 2.26 bits per heavy atom. The van der Waals surface area contributed by atoms with Gasteiger partial charge in [-0.2, -0.15) is 13.2 Å². The molecule has 206 valence electrons. The van der Waals surface area contributed by atoms with Crippen LogP contribution >= 0.6 is 0 Å². The summed E-state index contributed by atoms with van der Waals surface area (Å²) >= 11 is 0. The average Bonchev–Trinajstić information content (AvgIpc) is 3.26. The molecule has 2 aromatic heterocycles. The van der Waals surface area contributed by atoms with Crippen molar-refractivity contribution in [2.75, 3.05) is 16.8 Å². The summed E-state index contributed by atoms with van der Waals surface area (Å²) in [6.07, 6.45) is 0.217. The van der Waals surface area contributed by atoms with Crippen LogP contribution in [0.25, 0.3) is 11.1 Å². The summed E-state index contributed by atoms with van der Waals surface area (Å²) in [7, 11) is -3.56. The first-order valence-corrected chi connectivity index (χ1v) is 14.2. The molecule has 2 aliphatic rings. The first-order valence-electron chi connectivity index (χ1n) is 12.7. The summed E-state index contributed by atoms with van der Waals surface area (Å²) < 4.78 is 64.9. The van der Waals surface area contributed by atoms with Gasteiger partial charge in [0.1, 0.15) is 11.6 Å². The lowest BCUT2D eigenvalue weighted by molar-refractivity contribution is -0.137. The summed E-state index contributed by atoms with van der Waals surface area (Å²) in [5, 5.41) is 2.58. The Balaban J connectivity index is 1.21. The molecule has 1 atom stereocenters. The second-order valence-electron chi connectivity index (χ2n) is 9.99. The number of benzene rings is 1. The maximum absolute atomic E-state index is 13.3. The average molecular weight is 560 g/mol. The van der Waals surface area contributed by atoms with E-state index in [1.54, 1.807) is 47.5 Å². The van der Waals surface area contributed by atoms with Crippen LogP contribution in [0, 0.1) is 0 Å². The zero-order valence-electron chi connectivity index (χ0n) is 20.9. The fourth-order valence-corrected chi connectivity index (χ4v) is 6.90. The Morgan fingerprint density at radius 2 is 1.67 bits per heavy atom. The minimum Gasteiger partial charge on any atom is -0.367 e. The van der Waals surface area contributed by atoms with Gasteiger partial charge in [0.05, 0.1) is 15.7 Å². The maximum atomic E-state index is 13.3. The quantitative estimate of drug-likeness (QED) is 0.459. The molecule has 39 heavy (non-hydrogen) atoms. The van der Waals surface area contributed by atoms with Gasteiger partial charge in [0, 0.05) is 37.4 Å². The zero-order chi connectivity index (χ0) is 27.8. The number of carbonyl (C=O) groups is 1. The van der Waals surface area contributed by atoms with Crippen molar-refractivity contribution in [1.82, 2.24) is 9.97 Å². The molecule has 1 aromatic carbocycles. The third kappa shape index (κ3) is 5.91. The van der Waals surface area contributed by atoms with Crippen molar-refractivity contribution in [2.45, 2.75) is 60.5 Å². The molecular formula is C27H28F3N5O3S. The summed E-state index contributed by atoms with van der Waals surface area (Å²) in [6.45, 7) is 0.408. The van der Waals surface area contributed by atoms with Crippen LogP contribution in [-0.4, -0.2) is 48.2 Å². The topological polar surface area (TPSA) is 118 Å². The molecule has 2 fully saturated rings. The molecule has 0 bridgehead atoms. The van der Waals surface area contributed by atoms with Crippen molar-refractivity contribution in [3.8, 4) is 11.1 Å². The number of hydrogen-bond donors (Lipinski definition) is 2. The highest BCUT2D eigenvalue weighted by Crippen LogP contribution is 2.33. The standard InChI is InChI=1S/C27H28F3N5O3S/c28-27(29,30)19-3-10-24(33-15-19)34-21-4-8-23(9-5-21)39(37,38)22-6-1-17(2-7-22)18-11-12-32-25(13-18)35-16-20(31)14-26(35)36/h1-3,6-7,10-13,15,20-21,23H,4-5,8-9,14,16,31H2,(H,33,34)/t20?,21-,23-. The lowest BCUT2D eigenvalue weighted by Gasteiger charge is -2.29. The minimum absolute atomic E-state index is 0.0685. The molecule has 1 saturated carbocycles. The van der Waals surface area contributed by atoms with Gasteiger partial charge in [-0.3, -0.25) is 9.69 Å². The number of amides is 1. The minimum atomic E-state index is -4.44. The van der Waals surface area contributed by atoms with Crippen molar-refractivity contribution in [3.05, 3.63) is 66.5 Å². The summed E-state index contributed by atoms with van der Waals surface area (Å²) in [5.41, 5.74) is 6.68. The number of hydrogen-bond acceptors (Lipinski definition) is 7. The second-order valence-corrected chi connectivity index (χ2v) is 12.2. The Hall–Kier alpha value is -3.51. The van der Waals surface area contributed by atoms with Crippen LogP contribution in [0.3, 0.4) is 0 Å². The van der Waals surface area contributed by atoms with Crippen LogP contribution in [0.4, 0.5) is 24.8 Å². The van der Waals surface area contributed by atoms with Gasteiger partial charge in [-0.05, 0) is 73.2 Å². The number of nitrogens with zero attached hydrogens (tertiary/aromatic N) is 3. The maximum Gasteiger partial charge on any atom is 0.417 e. The van der Waals surface area contributed by atoms with Gasteiger partial charge in [-0.25, -0.2) is 18.4 Å². The van der Waals surface area contributed by atoms with Gasteiger partial charge in [0.2, 0.25) is 5.91 Å². The first-order chi connectivity index (χ1) is 18.5. The number of nitrogens with two attached hydrogens (primary N) is 1. The molecule has 3 heterocycles. The zero-order valence-corrected chi connectivity index (χ0v) is 21.8. The highest BCUT2D eigenvalue weighted by Gasteiger charge is 2.33. The number of carbonyl (C=O) groups excluding carboxylic acids is 1. The van der Waals surface area contributed by atoms with Gasteiger partial charge in [0.15, 0.2) is 9.84 Å². The van der Waals surface area contributed by atoms with E-state index >= 15 is 0 Å². The van der Waals surface area contributed by atoms with E-state index in [4.69, 9.17) is 5.73 Å². The van der Waals surface area contributed by atoms with E-state index in [-0.39, 0.29) is 29.3 Å². The molecule has 5 rings (SSSR count). The van der Waals surface area contributed by atoms with Crippen LogP contribution in [0.1, 0.15) is 37.7 Å². The summed E-state index contributed by atoms with van der Waals surface area (Å²) in [4.78, 5) is 22.1. The molecule has 1 aliphatic heterocycles. The SMILES string of the molecule is NC1CC(=O)N(c2cc(-c3ccc(S(=O)(=O)[C@H]4CC[C@H](Nc5ccc(C(F)(F)F)cn5)CC4)cc3)ccn2)C1. The van der Waals surface area contributed by atoms with E-state index in [0.717, 1.165) is 23.4 Å². The lowest BCUT2D eigenvalue weighted by atomic mass is 9.95. The van der Waals surface area contributed by atoms with E-state index in [1.807, 2.05) is 0 Å². The van der Waals surface area contributed by atoms with E-state index in [0.29, 0.717) is 43.9 Å². The highest BCUT2D eigenvalue weighted by molar-refractivity contribution is 7.92. The second kappa shape index (κ2) is 10.6. The Kier molecular flexibility index (Phi) is 7.34. The van der Waals surface area contributed by atoms with Crippen molar-refractivity contribution in [3.63, 3.8) is 0 Å². The van der Waals surface area contributed by atoms with Crippen molar-refractivity contribution in [2.24, 2.45) is 5.73 Å². The summed E-state index contributed by atoms with van der Waals surface area (Å²) in [5.74, 6) is 0.772. The molecule has 0 spiro atoms. The van der Waals surface area contributed by atoms with Gasteiger partial charge in [-0.15, -0.1) is 0 Å². The van der Waals surface area contributed by atoms with Crippen molar-refractivity contribution in [1.29, 1.82) is 0 Å². The van der Waals surface area contributed by atoms with Crippen LogP contribution in [-0.2, 0) is 20.8 Å². The number of nitrogens with one attached hydrogen (secondary N) is 1. The van der Waals surface area contributed by atoms with Crippen molar-refractivity contribution < 1.29 is 26.4 Å². The van der Waals surface area contributed by atoms with E-state index in [1.165, 1.54) is 6.07 Å². The number of halogens is 3. The number of anilines is 2. The van der Waals surface area contributed by atoms with E-state index in [2.05, 4.69) is 15.3 Å². The van der Waals surface area contributed by atoms with Crippen LogP contribution in [0.2, 0.25) is 0 Å². The molecule has 3 N–H and O–H groups in total. The fraction of sp³-hybridized carbons (Fsp3) is 0.370. The molecular weight excluding hydrogens is 531 g/mol. The highest BCUT2D eigenvalue weighted by atomic mass is 32.2. The van der Waals surface area contributed by atoms with Crippen molar-refractivity contribution >= 4 is 27.4 Å². The molecule has 1 unspecified atom stereocenters. The van der Waals surface area contributed by atoms with Crippen LogP contribution in [0.15, 0.2) is 65.8 Å². The molecule has 0 radical (unpaired) electrons. The Morgan fingerprint density at radius 1 is 0.949 bits per heavy atom. The van der Waals surface area contributed by atoms with Gasteiger partial charge >= 0.3 is 6.18 Å². The van der Waals surface area contributed by atoms with Crippen LogP contribution < -0.4 is 16.0 Å². The summed E-state index contributed by atoms with van der Waals surface area (Å²) in [6, 6.07) is 12.2. The number of aromatic nitrogens is 2. The van der Waals surface area contributed by atoms with Gasteiger partial charge < -0.3 is 11.1 Å². The number of pyridine rings is 2. The lowest BCUT2D eigenvalue weighted by Crippen LogP contribution is -2.33. The van der Waals surface area contributed by atoms with E-state index < -0.39 is 26.8 Å². The predicted molar refractivity (Wildman–Crippen MR) is 141 cm³/mol. The first kappa shape index (κ1) is 27.1. The molecule has 12 heteroatoms. The predicted octanol–water partition coefficient (Wildman–Crippen LogP) is 4.42. The fourth-order valence-electron chi connectivity index (χ4n) is 5.11. The third-order valence-electron chi connectivity index (χ3n) is 7.25. The molecule has 1 amide bonds. The molecule has 3 aromatic rings. The Labute approximate surface area is 224 Å². The molecule has 1 saturated heterocycles. The number of rotatable bonds is 6. The van der Waals surface area contributed by atoms with Crippen LogP contribution in [0.5, 0.6) is 0 Å². The third-order valence-corrected chi connectivity index (χ3v) is 9.53. The monoisotopic (exact) mass is 559 g/mol.